The number of nitrogen functional groups attached to an aromatic ring is 1. The SMILES string of the molecule is CC(F)(F)Oc1ccc(CC(N)C(=O)O)cc1.CC(N)(C(=O)O)C(O)c1ccc([N+](=O)[O-])cc1.COc1ccc(C[C@H](N)C(=O)O)cc1.Cc1cc(O)ccc1CC(N)C(=O)O.NC(Cc1ccc(OCc2ccccc2)cc1)C(=O)O.NC(Cc1csc2ccc(Cl)cc12)C(=O)O.NCCc1cccc(CC(N)C(=O)O)c1.Nc1ncnc2c1N=NC2CC(N)C(=O)O.O=C=O.S. The summed E-state index contributed by atoms with van der Waals surface area (Å²) in [7, 11) is 1.58. The fourth-order valence-corrected chi connectivity index (χ4v) is 12.1. The zero-order chi connectivity index (χ0) is 99.3. The van der Waals surface area contributed by atoms with E-state index >= 15 is 0 Å². The van der Waals surface area contributed by atoms with Gasteiger partial charge in [-0.15, -0.1) is 16.5 Å². The Labute approximate surface area is 775 Å². The van der Waals surface area contributed by atoms with Crippen LogP contribution in [0.3, 0.4) is 0 Å². The predicted molar refractivity (Wildman–Crippen MR) is 490 cm³/mol. The molecule has 11 rings (SSSR count). The van der Waals surface area contributed by atoms with E-state index in [0.29, 0.717) is 67.7 Å². The van der Waals surface area contributed by atoms with Crippen molar-refractivity contribution in [3.63, 3.8) is 0 Å². The number of aromatic nitrogens is 2. The van der Waals surface area contributed by atoms with Gasteiger partial charge in [0.05, 0.1) is 12.0 Å². The van der Waals surface area contributed by atoms with Crippen LogP contribution in [0.1, 0.15) is 93.7 Å². The summed E-state index contributed by atoms with van der Waals surface area (Å²) in [5.74, 6) is -6.56. The summed E-state index contributed by atoms with van der Waals surface area (Å²) in [6, 6.07) is 46.4. The number of anilines is 1. The largest absolute Gasteiger partial charge is 0.508 e. The van der Waals surface area contributed by atoms with Gasteiger partial charge in [-0.05, 0) is 211 Å². The van der Waals surface area contributed by atoms with Gasteiger partial charge in [-0.2, -0.15) is 37.0 Å². The quantitative estimate of drug-likeness (QED) is 0.0138. The van der Waals surface area contributed by atoms with Gasteiger partial charge >= 0.3 is 60.0 Å². The molecule has 10 aromatic rings. The number of carboxylic acid groups (broad SMARTS) is 8. The number of alkyl halides is 2. The molecule has 1 aliphatic rings. The van der Waals surface area contributed by atoms with Crippen molar-refractivity contribution in [1.82, 2.24) is 9.97 Å². The minimum Gasteiger partial charge on any atom is -0.508 e. The zero-order valence-electron chi connectivity index (χ0n) is 72.0. The van der Waals surface area contributed by atoms with E-state index in [2.05, 4.69) is 24.9 Å². The lowest BCUT2D eigenvalue weighted by Crippen LogP contribution is -2.50. The Morgan fingerprint density at radius 1 is 0.564 bits per heavy atom. The zero-order valence-corrected chi connectivity index (χ0v) is 74.5. The van der Waals surface area contributed by atoms with Gasteiger partial charge < -0.3 is 123 Å². The number of methoxy groups -OCH3 is 1. The van der Waals surface area contributed by atoms with Crippen molar-refractivity contribution in [2.45, 2.75) is 145 Å². The second-order valence-corrected chi connectivity index (χ2v) is 30.3. The van der Waals surface area contributed by atoms with Gasteiger partial charge in [0.25, 0.3) is 5.69 Å². The number of aliphatic carboxylic acids is 8. The van der Waals surface area contributed by atoms with Crippen molar-refractivity contribution in [2.24, 2.45) is 61.8 Å². The molecule has 0 fully saturated rings. The summed E-state index contributed by atoms with van der Waals surface area (Å²) in [6.45, 7) is 4.72. The molecule has 0 amide bonds. The number of ether oxygens (including phenoxy) is 3. The smallest absolute Gasteiger partial charge is 0.394 e. The number of aliphatic hydroxyl groups excluding tert-OH is 1. The number of benzene rings is 8. The number of carboxylic acids is 8. The molecule has 30 N–H and O–H groups in total. The molecule has 10 atom stereocenters. The lowest BCUT2D eigenvalue weighted by Gasteiger charge is -2.25. The number of hydrogen-bond donors (Lipinski definition) is 20. The van der Waals surface area contributed by atoms with Gasteiger partial charge in [-0.3, -0.25) is 48.5 Å². The van der Waals surface area contributed by atoms with Crippen LogP contribution in [0.5, 0.6) is 23.0 Å². The normalized spacial score (nSPS) is 13.4. The average molecular weight is 1910 g/mol. The van der Waals surface area contributed by atoms with Crippen molar-refractivity contribution < 1.29 is 127 Å². The molecule has 0 saturated carbocycles. The highest BCUT2D eigenvalue weighted by Gasteiger charge is 2.38. The second kappa shape index (κ2) is 58.0. The van der Waals surface area contributed by atoms with E-state index in [4.69, 9.17) is 134 Å². The van der Waals surface area contributed by atoms with Crippen LogP contribution in [-0.2, 0) is 99.5 Å². The number of nitrogens with zero attached hydrogens (tertiary/aromatic N) is 5. The van der Waals surface area contributed by atoms with Crippen LogP contribution in [0, 0.1) is 17.0 Å². The summed E-state index contributed by atoms with van der Waals surface area (Å²) >= 11 is 7.47. The first-order valence-electron chi connectivity index (χ1n) is 39.1. The number of hydrogen-bond acceptors (Lipinski definition) is 32. The second-order valence-electron chi connectivity index (χ2n) is 28.9. The number of aliphatic hydroxyl groups is 1. The molecule has 0 spiro atoms. The number of rotatable bonds is 33. The molecule has 9 unspecified atom stereocenters. The summed E-state index contributed by atoms with van der Waals surface area (Å²) in [5.41, 5.74) is 61.8. The highest BCUT2D eigenvalue weighted by Crippen LogP contribution is 2.39. The molecule has 0 radical (unpaired) electrons. The van der Waals surface area contributed by atoms with E-state index in [1.54, 1.807) is 42.7 Å². The monoisotopic (exact) mass is 1910 g/mol. The first-order valence-corrected chi connectivity index (χ1v) is 40.4. The van der Waals surface area contributed by atoms with E-state index in [1.165, 1.54) is 67.8 Å². The lowest BCUT2D eigenvalue weighted by atomic mass is 9.90. The fraction of sp³-hybridized carbons (Fsp3) is 0.284. The van der Waals surface area contributed by atoms with Gasteiger partial charge in [0.15, 0.2) is 11.5 Å². The molecular formula is C88H106ClF2N15O25S2. The van der Waals surface area contributed by atoms with E-state index < -0.39 is 119 Å². The summed E-state index contributed by atoms with van der Waals surface area (Å²) in [6.07, 6.45) is -0.446. The van der Waals surface area contributed by atoms with Gasteiger partial charge in [-0.1, -0.05) is 109 Å². The Bertz CT molecular complexity index is 5460. The molecule has 716 valence electrons. The average Bonchev–Trinajstić information content (AvgIpc) is 1.07. The topological polar surface area (TPSA) is 755 Å². The number of phenolic OH excluding ortho intramolecular Hbond substituents is 1. The van der Waals surface area contributed by atoms with Crippen LogP contribution < -0.4 is 71.5 Å². The number of fused-ring (bicyclic) bond motifs is 2. The maximum atomic E-state index is 12.5. The Morgan fingerprint density at radius 3 is 1.45 bits per heavy atom. The van der Waals surface area contributed by atoms with Crippen molar-refractivity contribution in [3.05, 3.63) is 276 Å². The first-order chi connectivity index (χ1) is 62.0. The van der Waals surface area contributed by atoms with Gasteiger partial charge in [-0.25, -0.2) is 9.97 Å². The van der Waals surface area contributed by atoms with Crippen LogP contribution >= 0.6 is 36.4 Å². The van der Waals surface area contributed by atoms with Gasteiger partial charge in [0, 0.05) is 35.2 Å². The lowest BCUT2D eigenvalue weighted by molar-refractivity contribution is -0.384. The number of nitro groups is 1. The molecule has 0 saturated heterocycles. The molecule has 40 nitrogen and oxygen atoms in total. The number of carbonyl (C=O) groups is 8. The van der Waals surface area contributed by atoms with Gasteiger partial charge in [0.1, 0.15) is 102 Å². The predicted octanol–water partition coefficient (Wildman–Crippen LogP) is 7.77. The van der Waals surface area contributed by atoms with E-state index in [-0.39, 0.29) is 67.5 Å². The summed E-state index contributed by atoms with van der Waals surface area (Å²) < 4.78 is 41.1. The van der Waals surface area contributed by atoms with Crippen molar-refractivity contribution >= 4 is 118 Å². The number of halogens is 3. The van der Waals surface area contributed by atoms with Crippen LogP contribution in [0.2, 0.25) is 5.02 Å². The Balaban J connectivity index is 0.000000512. The summed E-state index contributed by atoms with van der Waals surface area (Å²) in [5, 5.41) is 110. The number of carbonyl (C=O) groups excluding carboxylic acids is 2. The number of thiophene rings is 1. The first kappa shape index (κ1) is 115. The summed E-state index contributed by atoms with van der Waals surface area (Å²) in [4.78, 5) is 119. The third-order valence-electron chi connectivity index (χ3n) is 18.3. The Morgan fingerprint density at radius 2 is 1.01 bits per heavy atom. The maximum Gasteiger partial charge on any atom is 0.394 e. The number of aryl methyl sites for hydroxylation is 1. The molecule has 3 heterocycles. The van der Waals surface area contributed by atoms with Crippen LogP contribution in [0.25, 0.3) is 10.1 Å². The Hall–Kier alpha value is -14.0. The van der Waals surface area contributed by atoms with Crippen molar-refractivity contribution in [3.8, 4) is 23.0 Å². The molecular weight excluding hydrogens is 1800 g/mol. The maximum absolute atomic E-state index is 12.5. The number of nitrogens with two attached hydrogens (primary N) is 10. The number of phenols is 1. The number of azo groups is 1. The number of aromatic hydroxyl groups is 1. The third-order valence-corrected chi connectivity index (χ3v) is 19.5. The highest BCUT2D eigenvalue weighted by molar-refractivity contribution is 7.59. The number of nitro benzene ring substituents is 1. The van der Waals surface area contributed by atoms with E-state index in [1.807, 2.05) is 121 Å². The molecule has 8 aromatic carbocycles. The minimum atomic E-state index is -3.24. The van der Waals surface area contributed by atoms with Crippen LogP contribution in [0.4, 0.5) is 26.0 Å². The standard InChI is InChI=1S/C16H17NO3.C11H10ClNO2S.C11H13F2NO3.C11H16N2O2.C10H12N2O5.2C10H13NO3.C8H10N6O2.CO2.H2S/c17-15(16(18)19)10-12-6-8-14(9-7-12)20-11-13-4-2-1-3-5-13;12-7-1-2-10-8(4-7)6(5-16-10)3-9(13)11(14)15;1-11(12,13)17-8-4-2-7(3-5-8)6-9(14)10(15)16;12-5-4-8-2-1-3-9(6-8)7-10(13)11(14)15;1-10(11,9(14)15)8(13)6-2-4-7(5-3-6)12(16)17;1-14-8-4-2-7(3-5-8)6-9(11)10(12)13;1-6-4-8(12)3-2-7(6)5-9(11)10(13)14;9-3(8(15)16)1-4-5-6(14-13-4)7(10)12-2-11-5;2-1-3;/h1-9,15H,10-11,17H2,(H,18,19);1-2,4-5,9H,3,13H2,(H,14,15);2-5,9H,6,14H2,1H3,(H,15,16);1-3,6,10H,4-5,7,12-13H2,(H,14,15);2-5,8,13H,11H2,1H3,(H,14,15);2-5,9H,6,11H2,1H3,(H,12,13);2-4,9,12H,5,11H2,1H3,(H,13,14);2-4H,1,9H2,(H,15,16)(H2,10,11,12);;1H2/t;;;;;9-;;;;/m.....0..../s1. The minimum absolute atomic E-state index is 0. The van der Waals surface area contributed by atoms with E-state index in [0.717, 1.165) is 72.5 Å². The van der Waals surface area contributed by atoms with Crippen LogP contribution in [-0.4, -0.2) is 187 Å². The molecule has 133 heavy (non-hydrogen) atoms. The van der Waals surface area contributed by atoms with Crippen molar-refractivity contribution in [1.29, 1.82) is 0 Å². The Kier molecular flexibility index (Phi) is 50.2. The molecule has 2 aromatic heterocycles. The fourth-order valence-electron chi connectivity index (χ4n) is 11.0. The third kappa shape index (κ3) is 42.7. The van der Waals surface area contributed by atoms with E-state index in [9.17, 15) is 62.4 Å². The molecule has 1 aliphatic heterocycles. The van der Waals surface area contributed by atoms with Crippen molar-refractivity contribution in [2.75, 3.05) is 19.4 Å². The van der Waals surface area contributed by atoms with Gasteiger partial charge in [0.2, 0.25) is 0 Å². The molecule has 45 heteroatoms. The number of non-ortho nitro benzene ring substituents is 1. The van der Waals surface area contributed by atoms with Crippen LogP contribution in [0.15, 0.2) is 210 Å². The molecule has 0 bridgehead atoms. The highest BCUT2D eigenvalue weighted by atomic mass is 35.5. The molecule has 0 aliphatic carbocycles.